The summed E-state index contributed by atoms with van der Waals surface area (Å²) in [5, 5.41) is 0. The first-order valence-electron chi connectivity index (χ1n) is 8.13. The maximum absolute atomic E-state index is 12.7. The summed E-state index contributed by atoms with van der Waals surface area (Å²) in [5.74, 6) is 0.703. The molecule has 1 aliphatic heterocycles. The number of hydrogen-bond donors (Lipinski definition) is 0. The molecule has 0 spiro atoms. The Labute approximate surface area is 129 Å². The van der Waals surface area contributed by atoms with Gasteiger partial charge in [-0.25, -0.2) is 4.98 Å². The van der Waals surface area contributed by atoms with E-state index in [0.717, 1.165) is 25.4 Å². The quantitative estimate of drug-likeness (QED) is 0.838. The fourth-order valence-electron chi connectivity index (χ4n) is 3.45. The second kappa shape index (κ2) is 5.93. The van der Waals surface area contributed by atoms with Gasteiger partial charge in [0.25, 0.3) is 5.91 Å². The number of rotatable bonds is 4. The Morgan fingerprint density at radius 2 is 2.23 bits per heavy atom. The zero-order valence-corrected chi connectivity index (χ0v) is 12.6. The highest BCUT2D eigenvalue weighted by molar-refractivity contribution is 5.92. The molecule has 0 bridgehead atoms. The Kier molecular flexibility index (Phi) is 3.80. The van der Waals surface area contributed by atoms with Crippen molar-refractivity contribution in [3.63, 3.8) is 0 Å². The first-order valence-corrected chi connectivity index (χ1v) is 8.13. The molecule has 3 atom stereocenters. The van der Waals surface area contributed by atoms with Crippen LogP contribution in [0.15, 0.2) is 18.6 Å². The minimum Gasteiger partial charge on any atom is -0.375 e. The molecular weight excluding hydrogens is 282 g/mol. The SMILES string of the molecule is O=C(c1cnccn1)N1CCO[C@H]2[C@H](OCC3CC3)CC[C@@H]21. The van der Waals surface area contributed by atoms with Gasteiger partial charge in [-0.15, -0.1) is 0 Å². The van der Waals surface area contributed by atoms with Crippen LogP contribution in [-0.4, -0.2) is 58.8 Å². The van der Waals surface area contributed by atoms with Crippen LogP contribution in [0, 0.1) is 5.92 Å². The number of carbonyl (C=O) groups excluding carboxylic acids is 1. The van der Waals surface area contributed by atoms with E-state index < -0.39 is 0 Å². The van der Waals surface area contributed by atoms with E-state index in [2.05, 4.69) is 9.97 Å². The predicted octanol–water partition coefficient (Wildman–Crippen LogP) is 1.28. The summed E-state index contributed by atoms with van der Waals surface area (Å²) >= 11 is 0. The number of carbonyl (C=O) groups is 1. The molecule has 1 amide bonds. The van der Waals surface area contributed by atoms with Crippen LogP contribution >= 0.6 is 0 Å². The Hall–Kier alpha value is -1.53. The average Bonchev–Trinajstić information content (AvgIpc) is 3.31. The largest absolute Gasteiger partial charge is 0.375 e. The number of fused-ring (bicyclic) bond motifs is 1. The highest BCUT2D eigenvalue weighted by Crippen LogP contribution is 2.35. The summed E-state index contributed by atoms with van der Waals surface area (Å²) in [6, 6.07) is 0.104. The summed E-state index contributed by atoms with van der Waals surface area (Å²) in [7, 11) is 0. The molecule has 22 heavy (non-hydrogen) atoms. The maximum Gasteiger partial charge on any atom is 0.274 e. The van der Waals surface area contributed by atoms with Crippen LogP contribution in [0.1, 0.15) is 36.2 Å². The number of aromatic nitrogens is 2. The highest BCUT2D eigenvalue weighted by atomic mass is 16.5. The Balaban J connectivity index is 1.44. The van der Waals surface area contributed by atoms with Crippen molar-refractivity contribution in [3.05, 3.63) is 24.3 Å². The van der Waals surface area contributed by atoms with Crippen molar-refractivity contribution in [1.29, 1.82) is 0 Å². The number of amides is 1. The molecule has 0 unspecified atom stereocenters. The highest BCUT2D eigenvalue weighted by Gasteiger charge is 2.45. The lowest BCUT2D eigenvalue weighted by molar-refractivity contribution is -0.106. The van der Waals surface area contributed by atoms with Gasteiger partial charge in [-0.1, -0.05) is 0 Å². The van der Waals surface area contributed by atoms with Crippen molar-refractivity contribution in [1.82, 2.24) is 14.9 Å². The molecule has 3 fully saturated rings. The van der Waals surface area contributed by atoms with Crippen LogP contribution in [0.25, 0.3) is 0 Å². The molecule has 2 aliphatic carbocycles. The molecule has 0 radical (unpaired) electrons. The van der Waals surface area contributed by atoms with Gasteiger partial charge in [0.05, 0.1) is 24.9 Å². The summed E-state index contributed by atoms with van der Waals surface area (Å²) in [4.78, 5) is 22.7. The maximum atomic E-state index is 12.7. The molecule has 1 saturated heterocycles. The molecule has 3 aliphatic rings. The third kappa shape index (κ3) is 2.73. The molecule has 0 N–H and O–H groups in total. The van der Waals surface area contributed by atoms with E-state index in [1.54, 1.807) is 12.4 Å². The van der Waals surface area contributed by atoms with E-state index in [-0.39, 0.29) is 24.2 Å². The molecule has 4 rings (SSSR count). The second-order valence-electron chi connectivity index (χ2n) is 6.38. The van der Waals surface area contributed by atoms with Crippen molar-refractivity contribution < 1.29 is 14.3 Å². The average molecular weight is 303 g/mol. The lowest BCUT2D eigenvalue weighted by Crippen LogP contribution is -2.54. The topological polar surface area (TPSA) is 64.6 Å². The number of nitrogens with zero attached hydrogens (tertiary/aromatic N) is 3. The van der Waals surface area contributed by atoms with Crippen LogP contribution < -0.4 is 0 Å². The van der Waals surface area contributed by atoms with Gasteiger partial charge in [-0.3, -0.25) is 9.78 Å². The minimum atomic E-state index is -0.0470. The fraction of sp³-hybridized carbons (Fsp3) is 0.688. The smallest absolute Gasteiger partial charge is 0.274 e. The summed E-state index contributed by atoms with van der Waals surface area (Å²) in [6.07, 6.45) is 9.28. The van der Waals surface area contributed by atoms with E-state index in [4.69, 9.17) is 9.47 Å². The molecule has 1 aromatic heterocycles. The second-order valence-corrected chi connectivity index (χ2v) is 6.38. The standard InChI is InChI=1S/C16H21N3O3/c20-16(12-9-17-5-6-18-12)19-7-8-21-15-13(19)3-4-14(15)22-10-11-1-2-11/h5-6,9,11,13-15H,1-4,7-8,10H2/t13-,14+,15+/m0/s1. The molecular formula is C16H21N3O3. The zero-order chi connectivity index (χ0) is 14.9. The first-order chi connectivity index (χ1) is 10.8. The third-order valence-corrected chi connectivity index (χ3v) is 4.82. The van der Waals surface area contributed by atoms with Crippen molar-refractivity contribution in [2.45, 2.75) is 43.9 Å². The van der Waals surface area contributed by atoms with Gasteiger partial charge in [-0.05, 0) is 31.6 Å². The predicted molar refractivity (Wildman–Crippen MR) is 78.3 cm³/mol. The third-order valence-electron chi connectivity index (χ3n) is 4.82. The van der Waals surface area contributed by atoms with Crippen LogP contribution in [0.5, 0.6) is 0 Å². The Bertz CT molecular complexity index is 535. The van der Waals surface area contributed by atoms with Crippen LogP contribution in [0.2, 0.25) is 0 Å². The molecule has 6 heteroatoms. The Morgan fingerprint density at radius 3 is 3.00 bits per heavy atom. The minimum absolute atomic E-state index is 0.00752. The number of ether oxygens (including phenoxy) is 2. The normalized spacial score (nSPS) is 31.1. The molecule has 2 saturated carbocycles. The zero-order valence-electron chi connectivity index (χ0n) is 12.6. The molecule has 1 aromatic rings. The van der Waals surface area contributed by atoms with Crippen molar-refractivity contribution in [3.8, 4) is 0 Å². The van der Waals surface area contributed by atoms with E-state index in [0.29, 0.717) is 18.8 Å². The van der Waals surface area contributed by atoms with E-state index in [1.807, 2.05) is 4.90 Å². The lowest BCUT2D eigenvalue weighted by atomic mass is 10.1. The van der Waals surface area contributed by atoms with Crippen molar-refractivity contribution in [2.75, 3.05) is 19.8 Å². The van der Waals surface area contributed by atoms with Gasteiger partial charge in [0.1, 0.15) is 11.8 Å². The summed E-state index contributed by atoms with van der Waals surface area (Å²) in [6.45, 7) is 2.03. The molecule has 6 nitrogen and oxygen atoms in total. The van der Waals surface area contributed by atoms with Gasteiger partial charge in [0, 0.05) is 25.5 Å². The molecule has 2 heterocycles. The molecule has 0 aromatic carbocycles. The van der Waals surface area contributed by atoms with Crippen LogP contribution in [-0.2, 0) is 9.47 Å². The summed E-state index contributed by atoms with van der Waals surface area (Å²) in [5.41, 5.74) is 0.408. The lowest BCUT2D eigenvalue weighted by Gasteiger charge is -2.38. The van der Waals surface area contributed by atoms with Crippen LogP contribution in [0.4, 0.5) is 0 Å². The number of hydrogen-bond acceptors (Lipinski definition) is 5. The first kappa shape index (κ1) is 14.1. The molecule has 118 valence electrons. The monoisotopic (exact) mass is 303 g/mol. The van der Waals surface area contributed by atoms with E-state index in [9.17, 15) is 4.79 Å². The Morgan fingerprint density at radius 1 is 1.32 bits per heavy atom. The van der Waals surface area contributed by atoms with Gasteiger partial charge in [-0.2, -0.15) is 0 Å². The summed E-state index contributed by atoms with van der Waals surface area (Å²) < 4.78 is 12.0. The van der Waals surface area contributed by atoms with Gasteiger partial charge in [0.2, 0.25) is 0 Å². The van der Waals surface area contributed by atoms with E-state index in [1.165, 1.54) is 19.0 Å². The van der Waals surface area contributed by atoms with Crippen LogP contribution in [0.3, 0.4) is 0 Å². The van der Waals surface area contributed by atoms with Crippen molar-refractivity contribution >= 4 is 5.91 Å². The van der Waals surface area contributed by atoms with Gasteiger partial charge < -0.3 is 14.4 Å². The van der Waals surface area contributed by atoms with E-state index >= 15 is 0 Å². The fourth-order valence-corrected chi connectivity index (χ4v) is 3.45. The van der Waals surface area contributed by atoms with Gasteiger partial charge in [0.15, 0.2) is 0 Å². The number of morpholine rings is 1. The van der Waals surface area contributed by atoms with Gasteiger partial charge >= 0.3 is 0 Å². The van der Waals surface area contributed by atoms with Crippen molar-refractivity contribution in [2.24, 2.45) is 5.92 Å².